The normalized spacial score (nSPS) is 11.8. The highest BCUT2D eigenvalue weighted by Gasteiger charge is 2.26. The van der Waals surface area contributed by atoms with Crippen LogP contribution >= 0.6 is 0 Å². The molecule has 0 aliphatic heterocycles. The van der Waals surface area contributed by atoms with Gasteiger partial charge < -0.3 is 19.9 Å². The number of benzene rings is 1. The summed E-state index contributed by atoms with van der Waals surface area (Å²) in [5.74, 6) is -0.291. The number of rotatable bonds is 4. The second-order valence-electron chi connectivity index (χ2n) is 5.42. The predicted molar refractivity (Wildman–Crippen MR) is 75.7 cm³/mol. The number of aryl methyl sites for hydroxylation is 2. The quantitative estimate of drug-likeness (QED) is 0.791. The van der Waals surface area contributed by atoms with E-state index in [9.17, 15) is 15.0 Å². The number of fused-ring (bicyclic) bond motifs is 1. The van der Waals surface area contributed by atoms with Crippen molar-refractivity contribution in [3.8, 4) is 0 Å². The molecule has 1 aromatic carbocycles. The first-order valence-corrected chi connectivity index (χ1v) is 6.43. The molecular weight excluding hydrogens is 258 g/mol. The molecule has 1 aromatic heterocycles. The van der Waals surface area contributed by atoms with Crippen LogP contribution in [0, 0.1) is 13.8 Å². The van der Waals surface area contributed by atoms with Gasteiger partial charge in [0.05, 0.1) is 18.8 Å². The zero-order chi connectivity index (χ0) is 14.9. The highest BCUT2D eigenvalue weighted by molar-refractivity contribution is 5.96. The molecule has 0 radical (unpaired) electrons. The lowest BCUT2D eigenvalue weighted by Crippen LogP contribution is -2.51. The van der Waals surface area contributed by atoms with E-state index in [1.807, 2.05) is 26.0 Å². The van der Waals surface area contributed by atoms with Crippen LogP contribution in [0.3, 0.4) is 0 Å². The average molecular weight is 277 g/mol. The zero-order valence-electron chi connectivity index (χ0n) is 11.9. The number of aliphatic hydroxyl groups excluding tert-OH is 2. The first kappa shape index (κ1) is 14.6. The summed E-state index contributed by atoms with van der Waals surface area (Å²) in [7, 11) is 0. The van der Waals surface area contributed by atoms with Gasteiger partial charge in [0, 0.05) is 5.39 Å². The van der Waals surface area contributed by atoms with Crippen molar-refractivity contribution < 1.29 is 19.4 Å². The number of carbonyl (C=O) groups excluding carboxylic acids is 1. The number of hydrogen-bond acceptors (Lipinski definition) is 4. The minimum atomic E-state index is -1.07. The second-order valence-corrected chi connectivity index (χ2v) is 5.42. The van der Waals surface area contributed by atoms with E-state index in [1.165, 1.54) is 0 Å². The van der Waals surface area contributed by atoms with Gasteiger partial charge in [-0.1, -0.05) is 0 Å². The van der Waals surface area contributed by atoms with Crippen LogP contribution in [-0.2, 0) is 0 Å². The number of hydrogen-bond donors (Lipinski definition) is 3. The summed E-state index contributed by atoms with van der Waals surface area (Å²) in [5.41, 5.74) is 1.80. The fourth-order valence-electron chi connectivity index (χ4n) is 1.88. The molecule has 5 heteroatoms. The SMILES string of the molecule is Cc1cc2cc(C(=O)NC(C)(CO)CO)oc2cc1C. The van der Waals surface area contributed by atoms with E-state index in [4.69, 9.17) is 4.42 Å². The third-order valence-electron chi connectivity index (χ3n) is 3.47. The predicted octanol–water partition coefficient (Wildman–Crippen LogP) is 1.52. The highest BCUT2D eigenvalue weighted by atomic mass is 16.3. The summed E-state index contributed by atoms with van der Waals surface area (Å²) in [6.45, 7) is 4.82. The molecule has 0 aliphatic carbocycles. The Morgan fingerprint density at radius 2 is 1.80 bits per heavy atom. The minimum Gasteiger partial charge on any atom is -0.451 e. The van der Waals surface area contributed by atoms with Gasteiger partial charge in [-0.15, -0.1) is 0 Å². The van der Waals surface area contributed by atoms with Crippen molar-refractivity contribution >= 4 is 16.9 Å². The van der Waals surface area contributed by atoms with E-state index in [-0.39, 0.29) is 19.0 Å². The molecule has 1 amide bonds. The molecule has 0 spiro atoms. The van der Waals surface area contributed by atoms with E-state index in [0.29, 0.717) is 5.58 Å². The van der Waals surface area contributed by atoms with Gasteiger partial charge in [0.2, 0.25) is 0 Å². The van der Waals surface area contributed by atoms with Crippen LogP contribution in [0.25, 0.3) is 11.0 Å². The van der Waals surface area contributed by atoms with Gasteiger partial charge in [-0.25, -0.2) is 0 Å². The third kappa shape index (κ3) is 2.69. The van der Waals surface area contributed by atoms with Crippen molar-refractivity contribution in [3.05, 3.63) is 35.1 Å². The molecule has 0 atom stereocenters. The van der Waals surface area contributed by atoms with Crippen molar-refractivity contribution in [2.24, 2.45) is 0 Å². The van der Waals surface area contributed by atoms with Gasteiger partial charge in [0.25, 0.3) is 5.91 Å². The highest BCUT2D eigenvalue weighted by Crippen LogP contribution is 2.23. The van der Waals surface area contributed by atoms with E-state index >= 15 is 0 Å². The number of furan rings is 1. The lowest BCUT2D eigenvalue weighted by atomic mass is 10.1. The Balaban J connectivity index is 2.31. The summed E-state index contributed by atoms with van der Waals surface area (Å²) in [5, 5.41) is 21.8. The van der Waals surface area contributed by atoms with Crippen molar-refractivity contribution in [1.82, 2.24) is 5.32 Å². The zero-order valence-corrected chi connectivity index (χ0v) is 11.9. The van der Waals surface area contributed by atoms with Gasteiger partial charge >= 0.3 is 0 Å². The Hall–Kier alpha value is -1.85. The molecule has 0 aliphatic rings. The molecule has 2 aromatic rings. The number of nitrogens with one attached hydrogen (secondary N) is 1. The van der Waals surface area contributed by atoms with E-state index in [2.05, 4.69) is 5.32 Å². The minimum absolute atomic E-state index is 0.165. The summed E-state index contributed by atoms with van der Waals surface area (Å²) in [6.07, 6.45) is 0. The van der Waals surface area contributed by atoms with Crippen LogP contribution in [0.2, 0.25) is 0 Å². The van der Waals surface area contributed by atoms with Crippen LogP contribution in [-0.4, -0.2) is 34.9 Å². The molecule has 5 nitrogen and oxygen atoms in total. The number of carbonyl (C=O) groups is 1. The topological polar surface area (TPSA) is 82.7 Å². The maximum absolute atomic E-state index is 12.1. The van der Waals surface area contributed by atoms with Crippen molar-refractivity contribution in [1.29, 1.82) is 0 Å². The molecule has 0 unspecified atom stereocenters. The fraction of sp³-hybridized carbons (Fsp3) is 0.400. The Bertz CT molecular complexity index is 602. The molecule has 0 saturated heterocycles. The first-order valence-electron chi connectivity index (χ1n) is 6.43. The lowest BCUT2D eigenvalue weighted by molar-refractivity contribution is 0.0702. The molecule has 0 fully saturated rings. The Labute approximate surface area is 117 Å². The molecule has 2 rings (SSSR count). The second kappa shape index (κ2) is 5.26. The van der Waals surface area contributed by atoms with E-state index in [0.717, 1.165) is 16.5 Å². The molecule has 3 N–H and O–H groups in total. The van der Waals surface area contributed by atoms with Gasteiger partial charge in [0.15, 0.2) is 5.76 Å². The van der Waals surface area contributed by atoms with E-state index < -0.39 is 11.4 Å². The largest absolute Gasteiger partial charge is 0.451 e. The van der Waals surface area contributed by atoms with Gasteiger partial charge in [-0.2, -0.15) is 0 Å². The van der Waals surface area contributed by atoms with Crippen molar-refractivity contribution in [3.63, 3.8) is 0 Å². The van der Waals surface area contributed by atoms with Crippen LogP contribution in [0.1, 0.15) is 28.6 Å². The van der Waals surface area contributed by atoms with Crippen LogP contribution in [0.4, 0.5) is 0 Å². The maximum atomic E-state index is 12.1. The number of amides is 1. The monoisotopic (exact) mass is 277 g/mol. The molecule has 0 bridgehead atoms. The molecular formula is C15H19NO4. The molecule has 20 heavy (non-hydrogen) atoms. The van der Waals surface area contributed by atoms with E-state index in [1.54, 1.807) is 13.0 Å². The summed E-state index contributed by atoms with van der Waals surface area (Å²) >= 11 is 0. The fourth-order valence-corrected chi connectivity index (χ4v) is 1.88. The number of aliphatic hydroxyl groups is 2. The summed E-state index contributed by atoms with van der Waals surface area (Å²) in [4.78, 5) is 12.1. The molecule has 0 saturated carbocycles. The Morgan fingerprint density at radius 1 is 1.20 bits per heavy atom. The van der Waals surface area contributed by atoms with Gasteiger partial charge in [0.1, 0.15) is 5.58 Å². The summed E-state index contributed by atoms with van der Waals surface area (Å²) in [6, 6.07) is 5.51. The Morgan fingerprint density at radius 3 is 2.40 bits per heavy atom. The maximum Gasteiger partial charge on any atom is 0.287 e. The van der Waals surface area contributed by atoms with Crippen molar-refractivity contribution in [2.75, 3.05) is 13.2 Å². The van der Waals surface area contributed by atoms with Gasteiger partial charge in [-0.3, -0.25) is 4.79 Å². The first-order chi connectivity index (χ1) is 9.38. The average Bonchev–Trinajstić information content (AvgIpc) is 2.82. The van der Waals surface area contributed by atoms with Crippen molar-refractivity contribution in [2.45, 2.75) is 26.3 Å². The standard InChI is InChI=1S/C15H19NO4/c1-9-4-11-6-13(20-12(11)5-10(9)2)14(19)16-15(3,7-17)8-18/h4-6,17-18H,7-8H2,1-3H3,(H,16,19). The lowest BCUT2D eigenvalue weighted by Gasteiger charge is -2.25. The summed E-state index contributed by atoms with van der Waals surface area (Å²) < 4.78 is 5.53. The molecule has 1 heterocycles. The Kier molecular flexibility index (Phi) is 3.83. The molecule has 108 valence electrons. The third-order valence-corrected chi connectivity index (χ3v) is 3.47. The van der Waals surface area contributed by atoms with Crippen LogP contribution in [0.15, 0.2) is 22.6 Å². The van der Waals surface area contributed by atoms with Gasteiger partial charge in [-0.05, 0) is 50.1 Å². The smallest absolute Gasteiger partial charge is 0.287 e. The van der Waals surface area contributed by atoms with Crippen LogP contribution in [0.5, 0.6) is 0 Å². The van der Waals surface area contributed by atoms with Crippen LogP contribution < -0.4 is 5.32 Å².